The van der Waals surface area contributed by atoms with Crippen molar-refractivity contribution < 1.29 is 9.90 Å². The number of β-amino-alcohol motifs (C(OH)–C–C–N with tert-alkyl or cyclic N) is 1. The Labute approximate surface area is 93.9 Å². The number of aliphatic hydroxyl groups excluding tert-OH is 1. The number of hydrogen-bond acceptors (Lipinski definition) is 4. The third-order valence-corrected chi connectivity index (χ3v) is 2.69. The maximum absolute atomic E-state index is 11.8. The molecule has 1 saturated heterocycles. The number of hydrogen-bond donors (Lipinski definition) is 3. The van der Waals surface area contributed by atoms with Crippen LogP contribution >= 0.6 is 0 Å². The normalized spacial score (nSPS) is 24.4. The molecule has 1 aliphatic heterocycles. The molecule has 0 bridgehead atoms. The largest absolute Gasteiger partial charge is 0.392 e. The molecule has 1 aromatic heterocycles. The Morgan fingerprint density at radius 2 is 2.50 bits per heavy atom. The van der Waals surface area contributed by atoms with Crippen molar-refractivity contribution in [2.75, 3.05) is 11.9 Å². The van der Waals surface area contributed by atoms with Crippen molar-refractivity contribution in [2.45, 2.75) is 25.5 Å². The van der Waals surface area contributed by atoms with Crippen LogP contribution in [-0.4, -0.2) is 34.7 Å². The van der Waals surface area contributed by atoms with E-state index in [1.165, 1.54) is 0 Å². The highest BCUT2D eigenvalue weighted by Gasteiger charge is 2.28. The minimum absolute atomic E-state index is 0.118. The monoisotopic (exact) mass is 221 g/mol. The maximum atomic E-state index is 11.8. The van der Waals surface area contributed by atoms with Crippen LogP contribution < -0.4 is 10.6 Å². The van der Waals surface area contributed by atoms with Gasteiger partial charge in [-0.05, 0) is 25.5 Å². The minimum atomic E-state index is -0.425. The number of aryl methyl sites for hydroxylation is 1. The molecule has 1 amide bonds. The van der Waals surface area contributed by atoms with Crippen molar-refractivity contribution in [3.05, 3.63) is 24.0 Å². The van der Waals surface area contributed by atoms with Gasteiger partial charge in [-0.25, -0.2) is 0 Å². The number of amides is 1. The first-order chi connectivity index (χ1) is 7.66. The quantitative estimate of drug-likeness (QED) is 0.659. The van der Waals surface area contributed by atoms with Gasteiger partial charge in [0.2, 0.25) is 5.91 Å². The molecule has 5 nitrogen and oxygen atoms in total. The number of nitrogens with zero attached hydrogens (tertiary/aromatic N) is 1. The number of aromatic nitrogens is 1. The Balaban J connectivity index is 2.00. The van der Waals surface area contributed by atoms with Gasteiger partial charge < -0.3 is 15.7 Å². The van der Waals surface area contributed by atoms with E-state index in [9.17, 15) is 9.90 Å². The molecular formula is C11H15N3O2. The SMILES string of the molecule is Cc1ncccc1NC(=O)C1CC(O)CN1. The molecule has 2 unspecified atom stereocenters. The van der Waals surface area contributed by atoms with Crippen LogP contribution in [0.5, 0.6) is 0 Å². The average Bonchev–Trinajstić information content (AvgIpc) is 2.68. The summed E-state index contributed by atoms with van der Waals surface area (Å²) in [6.45, 7) is 2.32. The molecule has 0 aliphatic carbocycles. The van der Waals surface area contributed by atoms with Gasteiger partial charge in [-0.1, -0.05) is 0 Å². The number of carbonyl (C=O) groups excluding carboxylic acids is 1. The highest BCUT2D eigenvalue weighted by molar-refractivity contribution is 5.95. The molecular weight excluding hydrogens is 206 g/mol. The number of anilines is 1. The predicted octanol–water partition coefficient (Wildman–Crippen LogP) is 0.0513. The highest BCUT2D eigenvalue weighted by atomic mass is 16.3. The van der Waals surface area contributed by atoms with Crippen molar-refractivity contribution in [1.29, 1.82) is 0 Å². The van der Waals surface area contributed by atoms with Gasteiger partial charge in [-0.2, -0.15) is 0 Å². The van der Waals surface area contributed by atoms with E-state index < -0.39 is 6.10 Å². The van der Waals surface area contributed by atoms with Crippen LogP contribution in [0.25, 0.3) is 0 Å². The summed E-state index contributed by atoms with van der Waals surface area (Å²) >= 11 is 0. The van der Waals surface area contributed by atoms with E-state index in [4.69, 9.17) is 0 Å². The van der Waals surface area contributed by atoms with E-state index in [1.807, 2.05) is 13.0 Å². The van der Waals surface area contributed by atoms with E-state index in [1.54, 1.807) is 12.3 Å². The van der Waals surface area contributed by atoms with Crippen molar-refractivity contribution >= 4 is 11.6 Å². The Morgan fingerprint density at radius 1 is 1.69 bits per heavy atom. The Hall–Kier alpha value is -1.46. The van der Waals surface area contributed by atoms with Crippen molar-refractivity contribution in [3.63, 3.8) is 0 Å². The number of nitrogens with one attached hydrogen (secondary N) is 2. The van der Waals surface area contributed by atoms with Crippen LogP contribution in [0, 0.1) is 6.92 Å². The second kappa shape index (κ2) is 4.59. The first kappa shape index (κ1) is 11.0. The molecule has 1 aliphatic rings. The molecule has 1 aromatic rings. The third kappa shape index (κ3) is 2.37. The first-order valence-electron chi connectivity index (χ1n) is 5.31. The molecule has 0 aromatic carbocycles. The van der Waals surface area contributed by atoms with Gasteiger partial charge >= 0.3 is 0 Å². The van der Waals surface area contributed by atoms with E-state index >= 15 is 0 Å². The Bertz CT molecular complexity index is 395. The molecule has 0 saturated carbocycles. The molecule has 3 N–H and O–H groups in total. The lowest BCUT2D eigenvalue weighted by atomic mass is 10.2. The van der Waals surface area contributed by atoms with Crippen LogP contribution in [0.2, 0.25) is 0 Å². The fourth-order valence-electron chi connectivity index (χ4n) is 1.75. The van der Waals surface area contributed by atoms with Gasteiger partial charge in [-0.3, -0.25) is 9.78 Å². The van der Waals surface area contributed by atoms with Gasteiger partial charge in [0.1, 0.15) is 0 Å². The second-order valence-electron chi connectivity index (χ2n) is 3.98. The van der Waals surface area contributed by atoms with E-state index in [-0.39, 0.29) is 11.9 Å². The van der Waals surface area contributed by atoms with Crippen LogP contribution in [-0.2, 0) is 4.79 Å². The molecule has 86 valence electrons. The summed E-state index contributed by atoms with van der Waals surface area (Å²) in [6.07, 6.45) is 1.72. The molecule has 5 heteroatoms. The molecule has 2 heterocycles. The predicted molar refractivity (Wildman–Crippen MR) is 60.0 cm³/mol. The second-order valence-corrected chi connectivity index (χ2v) is 3.98. The summed E-state index contributed by atoms with van der Waals surface area (Å²) < 4.78 is 0. The standard InChI is InChI=1S/C11H15N3O2/c1-7-9(3-2-4-12-7)14-11(16)10-5-8(15)6-13-10/h2-4,8,10,13,15H,5-6H2,1H3,(H,14,16). The third-order valence-electron chi connectivity index (χ3n) is 2.69. The smallest absolute Gasteiger partial charge is 0.241 e. The summed E-state index contributed by atoms with van der Waals surface area (Å²) in [5.41, 5.74) is 1.50. The highest BCUT2D eigenvalue weighted by Crippen LogP contribution is 2.13. The van der Waals surface area contributed by atoms with Gasteiger partial charge in [0, 0.05) is 12.7 Å². The maximum Gasteiger partial charge on any atom is 0.241 e. The molecule has 0 spiro atoms. The summed E-state index contributed by atoms with van der Waals surface area (Å²) in [6, 6.07) is 3.28. The summed E-state index contributed by atoms with van der Waals surface area (Å²) in [4.78, 5) is 15.9. The average molecular weight is 221 g/mol. The minimum Gasteiger partial charge on any atom is -0.392 e. The van der Waals surface area contributed by atoms with Crippen molar-refractivity contribution in [1.82, 2.24) is 10.3 Å². The van der Waals surface area contributed by atoms with Crippen molar-refractivity contribution in [3.8, 4) is 0 Å². The first-order valence-corrected chi connectivity index (χ1v) is 5.31. The van der Waals surface area contributed by atoms with E-state index in [2.05, 4.69) is 15.6 Å². The Kier molecular flexibility index (Phi) is 3.17. The zero-order valence-electron chi connectivity index (χ0n) is 9.10. The molecule has 2 rings (SSSR count). The van der Waals surface area contributed by atoms with Crippen molar-refractivity contribution in [2.24, 2.45) is 0 Å². The molecule has 0 radical (unpaired) electrons. The van der Waals surface area contributed by atoms with Crippen LogP contribution in [0.1, 0.15) is 12.1 Å². The summed E-state index contributed by atoms with van der Waals surface area (Å²) in [5, 5.41) is 15.1. The molecule has 16 heavy (non-hydrogen) atoms. The number of carbonyl (C=O) groups is 1. The van der Waals surface area contributed by atoms with Crippen LogP contribution in [0.3, 0.4) is 0 Å². The molecule has 2 atom stereocenters. The zero-order chi connectivity index (χ0) is 11.5. The Morgan fingerprint density at radius 3 is 3.12 bits per heavy atom. The molecule has 1 fully saturated rings. The fraction of sp³-hybridized carbons (Fsp3) is 0.455. The number of rotatable bonds is 2. The van der Waals surface area contributed by atoms with Gasteiger partial charge in [0.05, 0.1) is 23.5 Å². The lowest BCUT2D eigenvalue weighted by Gasteiger charge is -2.11. The topological polar surface area (TPSA) is 74.2 Å². The summed E-state index contributed by atoms with van der Waals surface area (Å²) in [5.74, 6) is -0.118. The lowest BCUT2D eigenvalue weighted by molar-refractivity contribution is -0.117. The zero-order valence-corrected chi connectivity index (χ0v) is 9.10. The lowest BCUT2D eigenvalue weighted by Crippen LogP contribution is -2.35. The fourth-order valence-corrected chi connectivity index (χ4v) is 1.75. The van der Waals surface area contributed by atoms with Crippen LogP contribution in [0.4, 0.5) is 5.69 Å². The van der Waals surface area contributed by atoms with Gasteiger partial charge in [0.25, 0.3) is 0 Å². The van der Waals surface area contributed by atoms with E-state index in [0.29, 0.717) is 13.0 Å². The summed E-state index contributed by atoms with van der Waals surface area (Å²) in [7, 11) is 0. The van der Waals surface area contributed by atoms with E-state index in [0.717, 1.165) is 11.4 Å². The number of pyridine rings is 1. The van der Waals surface area contributed by atoms with Crippen LogP contribution in [0.15, 0.2) is 18.3 Å². The van der Waals surface area contributed by atoms with Gasteiger partial charge in [0.15, 0.2) is 0 Å². The number of aliphatic hydroxyl groups is 1. The van der Waals surface area contributed by atoms with Gasteiger partial charge in [-0.15, -0.1) is 0 Å².